The number of fused-ring (bicyclic) bond motifs is 1. The number of nitrogen functional groups attached to an aromatic ring is 1. The quantitative estimate of drug-likeness (QED) is 0.405. The van der Waals surface area contributed by atoms with Gasteiger partial charge in [-0.05, 0) is 80.1 Å². The molecule has 0 saturated carbocycles. The summed E-state index contributed by atoms with van der Waals surface area (Å²) >= 11 is 0. The van der Waals surface area contributed by atoms with Gasteiger partial charge in [0.25, 0.3) is 5.56 Å². The molecule has 7 nitrogen and oxygen atoms in total. The minimum absolute atomic E-state index is 0.00939. The van der Waals surface area contributed by atoms with Crippen molar-refractivity contribution in [2.24, 2.45) is 0 Å². The number of anilines is 1. The average molecular weight is 506 g/mol. The number of H-pyrrole nitrogens is 1. The lowest BCUT2D eigenvalue weighted by Gasteiger charge is -2.26. The number of benzene rings is 2. The molecule has 1 aliphatic heterocycles. The number of halogens is 2. The number of aryl methyl sites for hydroxylation is 1. The first kappa shape index (κ1) is 25.0. The van der Waals surface area contributed by atoms with Crippen molar-refractivity contribution in [1.29, 1.82) is 0 Å². The number of hydrogen-bond donors (Lipinski definition) is 2. The molecule has 1 aliphatic rings. The van der Waals surface area contributed by atoms with Crippen LogP contribution in [0, 0.1) is 18.7 Å². The van der Waals surface area contributed by atoms with Crippen molar-refractivity contribution in [3.05, 3.63) is 75.3 Å². The summed E-state index contributed by atoms with van der Waals surface area (Å²) in [6.45, 7) is 3.91. The van der Waals surface area contributed by atoms with Crippen LogP contribution in [0.15, 0.2) is 41.3 Å². The molecule has 0 radical (unpaired) electrons. The molecule has 4 aromatic rings. The molecule has 0 bridgehead atoms. The van der Waals surface area contributed by atoms with Gasteiger partial charge in [0.2, 0.25) is 5.95 Å². The predicted octanol–water partition coefficient (Wildman–Crippen LogP) is 4.78. The Balaban J connectivity index is 1.64. The normalized spacial score (nSPS) is 14.5. The lowest BCUT2D eigenvalue weighted by molar-refractivity contribution is 0.0850. The van der Waals surface area contributed by atoms with Crippen molar-refractivity contribution in [2.45, 2.75) is 32.2 Å². The summed E-state index contributed by atoms with van der Waals surface area (Å²) in [6.07, 6.45) is 3.43. The number of aromatic nitrogens is 3. The second kappa shape index (κ2) is 9.99. The number of ether oxygens (including phenoxy) is 1. The van der Waals surface area contributed by atoms with Gasteiger partial charge in [-0.2, -0.15) is 9.37 Å². The Hall–Kier alpha value is -3.69. The Kier molecular flexibility index (Phi) is 6.74. The molecule has 192 valence electrons. The van der Waals surface area contributed by atoms with Crippen LogP contribution >= 0.6 is 0 Å². The van der Waals surface area contributed by atoms with E-state index in [4.69, 9.17) is 10.5 Å². The van der Waals surface area contributed by atoms with E-state index in [1.807, 2.05) is 32.3 Å². The molecule has 37 heavy (non-hydrogen) atoms. The van der Waals surface area contributed by atoms with E-state index in [1.54, 1.807) is 13.1 Å². The average Bonchev–Trinajstić information content (AvgIpc) is 2.87. The molecule has 0 atom stereocenters. The van der Waals surface area contributed by atoms with E-state index in [9.17, 15) is 4.79 Å². The highest BCUT2D eigenvalue weighted by atomic mass is 19.1. The third-order valence-corrected chi connectivity index (χ3v) is 6.90. The van der Waals surface area contributed by atoms with Gasteiger partial charge in [0, 0.05) is 37.1 Å². The van der Waals surface area contributed by atoms with Crippen LogP contribution in [0.4, 0.5) is 14.6 Å². The van der Waals surface area contributed by atoms with Crippen LogP contribution in [0.2, 0.25) is 0 Å². The Morgan fingerprint density at radius 2 is 1.84 bits per heavy atom. The minimum atomic E-state index is -0.829. The molecule has 5 rings (SSSR count). The monoisotopic (exact) mass is 505 g/mol. The van der Waals surface area contributed by atoms with Crippen LogP contribution < -0.4 is 11.3 Å². The summed E-state index contributed by atoms with van der Waals surface area (Å²) in [5, 5.41) is 0.772. The number of aromatic amines is 1. The Bertz CT molecular complexity index is 1540. The number of nitrogens with zero attached hydrogens (tertiary/aromatic N) is 3. The maximum atomic E-state index is 15.2. The summed E-state index contributed by atoms with van der Waals surface area (Å²) in [6, 6.07) is 8.45. The van der Waals surface area contributed by atoms with Crippen molar-refractivity contribution in [3.63, 3.8) is 0 Å². The molecule has 0 unspecified atom stereocenters. The van der Waals surface area contributed by atoms with E-state index in [-0.39, 0.29) is 28.2 Å². The summed E-state index contributed by atoms with van der Waals surface area (Å²) in [4.78, 5) is 25.2. The van der Waals surface area contributed by atoms with Crippen LogP contribution in [0.1, 0.15) is 35.4 Å². The van der Waals surface area contributed by atoms with E-state index in [0.29, 0.717) is 23.4 Å². The van der Waals surface area contributed by atoms with E-state index in [1.165, 1.54) is 11.6 Å². The van der Waals surface area contributed by atoms with Crippen molar-refractivity contribution in [3.8, 4) is 22.5 Å². The molecule has 2 aromatic carbocycles. The molecule has 1 fully saturated rings. The smallest absolute Gasteiger partial charge is 0.255 e. The van der Waals surface area contributed by atoms with Gasteiger partial charge in [-0.3, -0.25) is 4.79 Å². The van der Waals surface area contributed by atoms with Crippen LogP contribution in [-0.4, -0.2) is 47.2 Å². The van der Waals surface area contributed by atoms with Crippen LogP contribution in [0.5, 0.6) is 0 Å². The van der Waals surface area contributed by atoms with E-state index >= 15 is 8.78 Å². The van der Waals surface area contributed by atoms with E-state index in [0.717, 1.165) is 43.2 Å². The van der Waals surface area contributed by atoms with Gasteiger partial charge in [-0.15, -0.1) is 0 Å². The van der Waals surface area contributed by atoms with Crippen molar-refractivity contribution in [2.75, 3.05) is 33.0 Å². The molecular formula is C28H29F2N5O2. The Morgan fingerprint density at radius 1 is 1.08 bits per heavy atom. The fourth-order valence-corrected chi connectivity index (χ4v) is 5.04. The third-order valence-electron chi connectivity index (χ3n) is 6.90. The molecule has 0 spiro atoms. The molecule has 3 N–H and O–H groups in total. The third kappa shape index (κ3) is 4.84. The van der Waals surface area contributed by atoms with Gasteiger partial charge in [-0.25, -0.2) is 9.37 Å². The number of nitrogens with one attached hydrogen (secondary N) is 1. The first-order valence-corrected chi connectivity index (χ1v) is 12.2. The lowest BCUT2D eigenvalue weighted by Crippen LogP contribution is -2.18. The zero-order valence-electron chi connectivity index (χ0n) is 21.1. The second-order valence-electron chi connectivity index (χ2n) is 9.81. The van der Waals surface area contributed by atoms with Gasteiger partial charge in [0.05, 0.1) is 5.39 Å². The standard InChI is InChI=1S/C28H29F2N5O2/c1-15-13-32-28(36)21-12-23(29)22(11-20(15)21)25-27(31)34-26(30)24(33-25)17-4-5-19(16-6-8-37-9-7-16)18(10-17)14-35(2)3/h4-5,10-13,16H,6-9,14H2,1-3H3,(H2,31,34)(H,32,36). The number of rotatable bonds is 5. The number of pyridine rings is 1. The van der Waals surface area contributed by atoms with Gasteiger partial charge in [0.15, 0.2) is 5.82 Å². The fraction of sp³-hybridized carbons (Fsp3) is 0.321. The maximum absolute atomic E-state index is 15.2. The summed E-state index contributed by atoms with van der Waals surface area (Å²) in [7, 11) is 3.97. The summed E-state index contributed by atoms with van der Waals surface area (Å²) in [5.74, 6) is -1.38. The molecular weight excluding hydrogens is 476 g/mol. The molecule has 1 saturated heterocycles. The van der Waals surface area contributed by atoms with E-state index in [2.05, 4.69) is 19.9 Å². The topological polar surface area (TPSA) is 97.1 Å². The highest BCUT2D eigenvalue weighted by molar-refractivity contribution is 5.90. The van der Waals surface area contributed by atoms with Gasteiger partial charge >= 0.3 is 0 Å². The second-order valence-corrected chi connectivity index (χ2v) is 9.81. The molecule has 2 aromatic heterocycles. The number of hydrogen-bond acceptors (Lipinski definition) is 6. The first-order chi connectivity index (χ1) is 17.7. The largest absolute Gasteiger partial charge is 0.382 e. The fourth-order valence-electron chi connectivity index (χ4n) is 5.04. The molecule has 9 heteroatoms. The van der Waals surface area contributed by atoms with E-state index < -0.39 is 17.3 Å². The Labute approximate surface area is 213 Å². The summed E-state index contributed by atoms with van der Waals surface area (Å²) in [5.41, 5.74) is 9.27. The SMILES string of the molecule is Cc1c[nH]c(=O)c2cc(F)c(-c3nc(-c4ccc(C5CCOCC5)c(CN(C)C)c4)c(F)nc3N)cc12. The van der Waals surface area contributed by atoms with Crippen LogP contribution in [-0.2, 0) is 11.3 Å². The van der Waals surface area contributed by atoms with Gasteiger partial charge in [0.1, 0.15) is 17.2 Å². The zero-order chi connectivity index (χ0) is 26.3. The molecule has 0 amide bonds. The van der Waals surface area contributed by atoms with Crippen molar-refractivity contribution < 1.29 is 13.5 Å². The summed E-state index contributed by atoms with van der Waals surface area (Å²) < 4.78 is 35.9. The maximum Gasteiger partial charge on any atom is 0.255 e. The molecule has 3 heterocycles. The van der Waals surface area contributed by atoms with Gasteiger partial charge in [-0.1, -0.05) is 12.1 Å². The predicted molar refractivity (Wildman–Crippen MR) is 140 cm³/mol. The Morgan fingerprint density at radius 3 is 2.57 bits per heavy atom. The lowest BCUT2D eigenvalue weighted by atomic mass is 9.87. The first-order valence-electron chi connectivity index (χ1n) is 12.2. The number of nitrogens with two attached hydrogens (primary N) is 1. The van der Waals surface area contributed by atoms with Crippen molar-refractivity contribution >= 4 is 16.6 Å². The van der Waals surface area contributed by atoms with Crippen molar-refractivity contribution in [1.82, 2.24) is 19.9 Å². The van der Waals surface area contributed by atoms with Gasteiger partial charge < -0.3 is 20.4 Å². The molecule has 0 aliphatic carbocycles. The highest BCUT2D eigenvalue weighted by Crippen LogP contribution is 2.35. The van der Waals surface area contributed by atoms with Crippen LogP contribution in [0.3, 0.4) is 0 Å². The zero-order valence-corrected chi connectivity index (χ0v) is 21.1. The minimum Gasteiger partial charge on any atom is -0.382 e. The highest BCUT2D eigenvalue weighted by Gasteiger charge is 2.23. The van der Waals surface area contributed by atoms with Crippen LogP contribution in [0.25, 0.3) is 33.3 Å².